The zero-order chi connectivity index (χ0) is 18.7. The first-order valence-corrected chi connectivity index (χ1v) is 9.32. The van der Waals surface area contributed by atoms with Gasteiger partial charge in [-0.15, -0.1) is 0 Å². The molecule has 140 valence electrons. The Kier molecular flexibility index (Phi) is 5.47. The molecule has 0 bridgehead atoms. The fraction of sp³-hybridized carbons (Fsp3) is 0.524. The van der Waals surface area contributed by atoms with Crippen LogP contribution in [0.25, 0.3) is 11.3 Å². The Morgan fingerprint density at radius 1 is 1.27 bits per heavy atom. The highest BCUT2D eigenvalue weighted by molar-refractivity contribution is 5.67. The summed E-state index contributed by atoms with van der Waals surface area (Å²) >= 11 is 0. The van der Waals surface area contributed by atoms with Gasteiger partial charge in [-0.05, 0) is 48.7 Å². The van der Waals surface area contributed by atoms with E-state index in [2.05, 4.69) is 55.5 Å². The molecule has 1 aromatic carbocycles. The van der Waals surface area contributed by atoms with Gasteiger partial charge in [-0.2, -0.15) is 0 Å². The van der Waals surface area contributed by atoms with Crippen molar-refractivity contribution in [3.8, 4) is 11.3 Å². The lowest BCUT2D eigenvalue weighted by Crippen LogP contribution is -2.38. The van der Waals surface area contributed by atoms with Crippen molar-refractivity contribution >= 4 is 5.97 Å². The van der Waals surface area contributed by atoms with Crippen LogP contribution < -0.4 is 5.32 Å². The lowest BCUT2D eigenvalue weighted by Gasteiger charge is -2.30. The van der Waals surface area contributed by atoms with Crippen molar-refractivity contribution in [3.63, 3.8) is 0 Å². The highest BCUT2D eigenvalue weighted by atomic mass is 16.5. The van der Waals surface area contributed by atoms with Gasteiger partial charge in [0.2, 0.25) is 0 Å². The molecule has 1 aliphatic heterocycles. The maximum absolute atomic E-state index is 11.1. The van der Waals surface area contributed by atoms with Crippen LogP contribution in [0.1, 0.15) is 44.9 Å². The van der Waals surface area contributed by atoms with E-state index in [0.29, 0.717) is 0 Å². The zero-order valence-electron chi connectivity index (χ0n) is 15.8. The molecular weight excluding hydrogens is 328 g/mol. The van der Waals surface area contributed by atoms with Crippen molar-refractivity contribution in [2.75, 3.05) is 13.1 Å². The quantitative estimate of drug-likeness (QED) is 0.850. The number of aromatic nitrogens is 1. The number of aliphatic carboxylic acids is 1. The predicted octanol–water partition coefficient (Wildman–Crippen LogP) is 3.88. The largest absolute Gasteiger partial charge is 0.481 e. The summed E-state index contributed by atoms with van der Waals surface area (Å²) in [5.74, 6) is 0.515. The fourth-order valence-corrected chi connectivity index (χ4v) is 3.66. The Balaban J connectivity index is 1.70. The van der Waals surface area contributed by atoms with Crippen molar-refractivity contribution in [1.29, 1.82) is 0 Å². The predicted molar refractivity (Wildman–Crippen MR) is 101 cm³/mol. The van der Waals surface area contributed by atoms with Gasteiger partial charge in [0, 0.05) is 18.1 Å². The molecule has 1 saturated heterocycles. The molecule has 1 aliphatic rings. The lowest BCUT2D eigenvalue weighted by atomic mass is 9.81. The first kappa shape index (κ1) is 18.6. The van der Waals surface area contributed by atoms with Crippen LogP contribution in [0.4, 0.5) is 0 Å². The van der Waals surface area contributed by atoms with Gasteiger partial charge in [-0.1, -0.05) is 50.2 Å². The number of carboxylic acid groups (broad SMARTS) is 1. The van der Waals surface area contributed by atoms with E-state index < -0.39 is 5.97 Å². The number of hydrogen-bond acceptors (Lipinski definition) is 4. The number of carbonyl (C=O) groups is 1. The zero-order valence-corrected chi connectivity index (χ0v) is 15.8. The average Bonchev–Trinajstić information content (AvgIpc) is 3.04. The van der Waals surface area contributed by atoms with Gasteiger partial charge in [0.25, 0.3) is 0 Å². The Bertz CT molecular complexity index is 743. The molecule has 0 unspecified atom stereocenters. The third-order valence-corrected chi connectivity index (χ3v) is 5.27. The van der Waals surface area contributed by atoms with Crippen molar-refractivity contribution in [1.82, 2.24) is 10.5 Å². The van der Waals surface area contributed by atoms with Crippen LogP contribution in [-0.4, -0.2) is 29.3 Å². The van der Waals surface area contributed by atoms with Gasteiger partial charge in [-0.3, -0.25) is 4.79 Å². The highest BCUT2D eigenvalue weighted by Crippen LogP contribution is 2.29. The number of carboxylic acids is 1. The number of benzene rings is 1. The molecule has 0 aliphatic carbocycles. The number of nitrogens with one attached hydrogen (secondary N) is 1. The smallest absolute Gasteiger partial charge is 0.303 e. The molecule has 0 radical (unpaired) electrons. The van der Waals surface area contributed by atoms with Crippen LogP contribution in [0.3, 0.4) is 0 Å². The van der Waals surface area contributed by atoms with Crippen LogP contribution in [0, 0.1) is 11.8 Å². The molecule has 2 atom stereocenters. The van der Waals surface area contributed by atoms with Crippen LogP contribution in [0.5, 0.6) is 0 Å². The van der Waals surface area contributed by atoms with Gasteiger partial charge in [0.15, 0.2) is 5.76 Å². The van der Waals surface area contributed by atoms with E-state index in [-0.39, 0.29) is 23.7 Å². The van der Waals surface area contributed by atoms with E-state index in [1.165, 1.54) is 5.56 Å². The Morgan fingerprint density at radius 3 is 2.65 bits per heavy atom. The molecule has 5 heteroatoms. The summed E-state index contributed by atoms with van der Waals surface area (Å²) in [4.78, 5) is 11.1. The molecular formula is C21H28N2O3. The van der Waals surface area contributed by atoms with Crippen LogP contribution in [0.2, 0.25) is 0 Å². The summed E-state index contributed by atoms with van der Waals surface area (Å²) in [6.45, 7) is 8.31. The van der Waals surface area contributed by atoms with Crippen LogP contribution in [-0.2, 0) is 16.6 Å². The molecule has 3 rings (SSSR count). The third kappa shape index (κ3) is 4.52. The number of hydrogen-bond donors (Lipinski definition) is 2. The van der Waals surface area contributed by atoms with E-state index in [9.17, 15) is 4.79 Å². The summed E-state index contributed by atoms with van der Waals surface area (Å²) in [6, 6.07) is 10.4. The number of nitrogens with zero attached hydrogens (tertiary/aromatic N) is 1. The molecule has 0 spiro atoms. The second-order valence-electron chi connectivity index (χ2n) is 8.32. The Hall–Kier alpha value is -2.14. The minimum atomic E-state index is -0.721. The molecule has 0 amide bonds. The minimum absolute atomic E-state index is 0.123. The number of rotatable bonds is 5. The summed E-state index contributed by atoms with van der Waals surface area (Å²) in [5, 5.41) is 16.7. The second-order valence-corrected chi connectivity index (χ2v) is 8.32. The summed E-state index contributed by atoms with van der Waals surface area (Å²) in [5.41, 5.74) is 3.31. The van der Waals surface area contributed by atoms with Crippen molar-refractivity contribution < 1.29 is 14.4 Å². The van der Waals surface area contributed by atoms with E-state index in [1.54, 1.807) is 0 Å². The van der Waals surface area contributed by atoms with Gasteiger partial charge in [0.05, 0.1) is 5.69 Å². The molecule has 1 aromatic heterocycles. The van der Waals surface area contributed by atoms with Crippen LogP contribution in [0.15, 0.2) is 34.9 Å². The third-order valence-electron chi connectivity index (χ3n) is 5.27. The van der Waals surface area contributed by atoms with E-state index >= 15 is 0 Å². The second kappa shape index (κ2) is 7.62. The highest BCUT2D eigenvalue weighted by Gasteiger charge is 2.28. The van der Waals surface area contributed by atoms with E-state index in [4.69, 9.17) is 9.63 Å². The summed E-state index contributed by atoms with van der Waals surface area (Å²) < 4.78 is 5.55. The molecule has 2 N–H and O–H groups in total. The average molecular weight is 356 g/mol. The molecule has 5 nitrogen and oxygen atoms in total. The van der Waals surface area contributed by atoms with Gasteiger partial charge < -0.3 is 14.9 Å². The standard InChI is InChI=1S/C21H28N2O3/c1-21(2,3)17-6-4-14(5-7-17)19-12-18(23-26-19)10-16-13-22-9-8-15(16)11-20(24)25/h4-7,12,15-16,22H,8-11,13H2,1-3H3,(H,24,25)/t15-,16+/m0/s1. The topological polar surface area (TPSA) is 75.4 Å². The minimum Gasteiger partial charge on any atom is -0.481 e. The Morgan fingerprint density at radius 2 is 2.00 bits per heavy atom. The van der Waals surface area contributed by atoms with E-state index in [0.717, 1.165) is 42.9 Å². The van der Waals surface area contributed by atoms with Crippen molar-refractivity contribution in [2.24, 2.45) is 11.8 Å². The number of piperidine rings is 1. The molecule has 1 fully saturated rings. The van der Waals surface area contributed by atoms with Gasteiger partial charge in [-0.25, -0.2) is 0 Å². The van der Waals surface area contributed by atoms with Crippen molar-refractivity contribution in [3.05, 3.63) is 41.6 Å². The van der Waals surface area contributed by atoms with Crippen LogP contribution >= 0.6 is 0 Å². The maximum atomic E-state index is 11.1. The lowest BCUT2D eigenvalue weighted by molar-refractivity contribution is -0.138. The molecule has 0 saturated carbocycles. The normalized spacial score (nSPS) is 20.9. The molecule has 2 aromatic rings. The van der Waals surface area contributed by atoms with Crippen molar-refractivity contribution in [2.45, 2.75) is 45.4 Å². The Labute approximate surface area is 154 Å². The first-order valence-electron chi connectivity index (χ1n) is 9.32. The monoisotopic (exact) mass is 356 g/mol. The molecule has 2 heterocycles. The summed E-state index contributed by atoms with van der Waals surface area (Å²) in [6.07, 6.45) is 1.87. The fourth-order valence-electron chi connectivity index (χ4n) is 3.66. The first-order chi connectivity index (χ1) is 12.3. The SMILES string of the molecule is CC(C)(C)c1ccc(-c2cc(C[C@@H]3CNCC[C@H]3CC(=O)O)no2)cc1. The van der Waals surface area contributed by atoms with E-state index in [1.807, 2.05) is 6.07 Å². The summed E-state index contributed by atoms with van der Waals surface area (Å²) in [7, 11) is 0. The van der Waals surface area contributed by atoms with Gasteiger partial charge >= 0.3 is 5.97 Å². The maximum Gasteiger partial charge on any atom is 0.303 e. The molecule has 26 heavy (non-hydrogen) atoms. The van der Waals surface area contributed by atoms with Gasteiger partial charge in [0.1, 0.15) is 0 Å².